The van der Waals surface area contributed by atoms with Gasteiger partial charge in [0.2, 0.25) is 5.78 Å². The van der Waals surface area contributed by atoms with Gasteiger partial charge < -0.3 is 9.51 Å². The van der Waals surface area contributed by atoms with Gasteiger partial charge in [0, 0.05) is 10.0 Å². The van der Waals surface area contributed by atoms with E-state index in [1.807, 2.05) is 36.4 Å². The van der Waals surface area contributed by atoms with Crippen molar-refractivity contribution in [3.8, 4) is 0 Å². The third-order valence-electron chi connectivity index (χ3n) is 4.19. The van der Waals surface area contributed by atoms with Crippen LogP contribution in [0.25, 0.3) is 16.4 Å². The number of carboxylic acid groups (broad SMARTS) is 1. The van der Waals surface area contributed by atoms with Crippen molar-refractivity contribution in [2.24, 2.45) is 0 Å². The lowest BCUT2D eigenvalue weighted by Gasteiger charge is -2.09. The highest BCUT2D eigenvalue weighted by Gasteiger charge is 2.23. The fourth-order valence-corrected chi connectivity index (χ4v) is 3.72. The predicted molar refractivity (Wildman–Crippen MR) is 99.4 cm³/mol. The Morgan fingerprint density at radius 1 is 0.920 bits per heavy atom. The van der Waals surface area contributed by atoms with Gasteiger partial charge in [-0.3, -0.25) is 4.79 Å². The number of rotatable bonds is 3. The number of halogens is 1. The number of carboxylic acids is 1. The fraction of sp³-hybridized carbons (Fsp3) is 0. The maximum Gasteiger partial charge on any atom is 0.337 e. The molecule has 2 aromatic carbocycles. The molecule has 2 aromatic heterocycles. The maximum atomic E-state index is 13.0. The van der Waals surface area contributed by atoms with Gasteiger partial charge in [0.1, 0.15) is 0 Å². The Morgan fingerprint density at radius 2 is 1.60 bits per heavy atom. The highest BCUT2D eigenvalue weighted by Crippen LogP contribution is 2.32. The molecule has 0 radical (unpaired) electrons. The number of aromatic nitrogens is 1. The van der Waals surface area contributed by atoms with E-state index in [0.717, 1.165) is 10.9 Å². The second-order valence-corrected chi connectivity index (χ2v) is 6.53. The SMILES string of the molecule is O=C(O)c1cc(C(=O)c2ccccc2)n2c1c(Br)cc1ccccc12. The average molecular weight is 394 g/mol. The largest absolute Gasteiger partial charge is 0.478 e. The van der Waals surface area contributed by atoms with E-state index in [4.69, 9.17) is 0 Å². The summed E-state index contributed by atoms with van der Waals surface area (Å²) in [5.41, 5.74) is 2.20. The van der Waals surface area contributed by atoms with Gasteiger partial charge in [-0.2, -0.15) is 0 Å². The van der Waals surface area contributed by atoms with E-state index in [0.29, 0.717) is 21.2 Å². The molecule has 0 aliphatic carbocycles. The van der Waals surface area contributed by atoms with Crippen LogP contribution in [0.15, 0.2) is 71.2 Å². The Morgan fingerprint density at radius 3 is 2.32 bits per heavy atom. The summed E-state index contributed by atoms with van der Waals surface area (Å²) in [7, 11) is 0. The number of carbonyl (C=O) groups excluding carboxylic acids is 1. The number of hydrogen-bond donors (Lipinski definition) is 1. The second-order valence-electron chi connectivity index (χ2n) is 5.68. The molecular weight excluding hydrogens is 382 g/mol. The van der Waals surface area contributed by atoms with Crippen LogP contribution in [0.1, 0.15) is 26.4 Å². The number of nitrogens with zero attached hydrogens (tertiary/aromatic N) is 1. The summed E-state index contributed by atoms with van der Waals surface area (Å²) in [6.07, 6.45) is 0. The van der Waals surface area contributed by atoms with E-state index >= 15 is 0 Å². The molecule has 122 valence electrons. The second kappa shape index (κ2) is 5.86. The van der Waals surface area contributed by atoms with Crippen molar-refractivity contribution in [1.29, 1.82) is 0 Å². The smallest absolute Gasteiger partial charge is 0.337 e. The van der Waals surface area contributed by atoms with Crippen LogP contribution in [0.5, 0.6) is 0 Å². The monoisotopic (exact) mass is 393 g/mol. The van der Waals surface area contributed by atoms with Crippen molar-refractivity contribution in [1.82, 2.24) is 4.40 Å². The first-order valence-electron chi connectivity index (χ1n) is 7.63. The Kier molecular flexibility index (Phi) is 3.66. The first kappa shape index (κ1) is 15.6. The number of aromatic carboxylic acids is 1. The molecule has 1 N–H and O–H groups in total. The minimum atomic E-state index is -1.07. The van der Waals surface area contributed by atoms with Crippen molar-refractivity contribution in [3.63, 3.8) is 0 Å². The number of carbonyl (C=O) groups is 2. The van der Waals surface area contributed by atoms with Crippen molar-refractivity contribution < 1.29 is 14.7 Å². The van der Waals surface area contributed by atoms with Crippen LogP contribution >= 0.6 is 15.9 Å². The van der Waals surface area contributed by atoms with Gasteiger partial charge in [-0.15, -0.1) is 0 Å². The normalized spacial score (nSPS) is 11.1. The van der Waals surface area contributed by atoms with Crippen LogP contribution in [0, 0.1) is 0 Å². The minimum Gasteiger partial charge on any atom is -0.478 e. The van der Waals surface area contributed by atoms with Crippen molar-refractivity contribution >= 4 is 44.1 Å². The first-order chi connectivity index (χ1) is 12.1. The lowest BCUT2D eigenvalue weighted by atomic mass is 10.1. The molecule has 0 fully saturated rings. The Bertz CT molecular complexity index is 1150. The number of hydrogen-bond acceptors (Lipinski definition) is 2. The molecule has 0 unspecified atom stereocenters. The number of benzene rings is 2. The van der Waals surface area contributed by atoms with Crippen LogP contribution in [0.3, 0.4) is 0 Å². The zero-order valence-electron chi connectivity index (χ0n) is 12.9. The van der Waals surface area contributed by atoms with Crippen LogP contribution in [0.4, 0.5) is 0 Å². The third-order valence-corrected chi connectivity index (χ3v) is 4.79. The molecule has 4 rings (SSSR count). The summed E-state index contributed by atoms with van der Waals surface area (Å²) in [5.74, 6) is -1.29. The van der Waals surface area contributed by atoms with Gasteiger partial charge in [-0.1, -0.05) is 48.5 Å². The van der Waals surface area contributed by atoms with Gasteiger partial charge in [-0.25, -0.2) is 4.79 Å². The number of fused-ring (bicyclic) bond motifs is 3. The molecule has 0 atom stereocenters. The molecule has 4 nitrogen and oxygen atoms in total. The van der Waals surface area contributed by atoms with E-state index < -0.39 is 5.97 Å². The molecule has 4 aromatic rings. The van der Waals surface area contributed by atoms with Crippen LogP contribution < -0.4 is 0 Å². The van der Waals surface area contributed by atoms with Crippen molar-refractivity contribution in [2.75, 3.05) is 0 Å². The van der Waals surface area contributed by atoms with E-state index in [9.17, 15) is 14.7 Å². The molecule has 0 aliphatic heterocycles. The molecule has 0 saturated heterocycles. The van der Waals surface area contributed by atoms with Crippen LogP contribution in [0.2, 0.25) is 0 Å². The van der Waals surface area contributed by atoms with E-state index in [-0.39, 0.29) is 11.3 Å². The van der Waals surface area contributed by atoms with E-state index in [1.165, 1.54) is 6.07 Å². The zero-order chi connectivity index (χ0) is 17.6. The quantitative estimate of drug-likeness (QED) is 0.509. The van der Waals surface area contributed by atoms with E-state index in [1.54, 1.807) is 28.7 Å². The molecule has 25 heavy (non-hydrogen) atoms. The van der Waals surface area contributed by atoms with E-state index in [2.05, 4.69) is 15.9 Å². The van der Waals surface area contributed by atoms with Gasteiger partial charge in [0.25, 0.3) is 0 Å². The highest BCUT2D eigenvalue weighted by atomic mass is 79.9. The van der Waals surface area contributed by atoms with Crippen molar-refractivity contribution in [2.45, 2.75) is 0 Å². The molecular formula is C20H12BrNO3. The molecule has 0 spiro atoms. The summed E-state index contributed by atoms with van der Waals surface area (Å²) in [6, 6.07) is 19.8. The topological polar surface area (TPSA) is 58.8 Å². The Balaban J connectivity index is 2.14. The Hall–Kier alpha value is -2.92. The van der Waals surface area contributed by atoms with Gasteiger partial charge in [0.15, 0.2) is 0 Å². The lowest BCUT2D eigenvalue weighted by Crippen LogP contribution is -2.05. The first-order valence-corrected chi connectivity index (χ1v) is 8.43. The molecule has 2 heterocycles. The summed E-state index contributed by atoms with van der Waals surface area (Å²) < 4.78 is 2.36. The van der Waals surface area contributed by atoms with Crippen LogP contribution in [-0.4, -0.2) is 21.3 Å². The summed E-state index contributed by atoms with van der Waals surface area (Å²) >= 11 is 3.46. The predicted octanol–water partition coefficient (Wildman–Crippen LogP) is 4.78. The number of pyridine rings is 1. The minimum absolute atomic E-state index is 0.0944. The van der Waals surface area contributed by atoms with Gasteiger partial charge in [-0.05, 0) is 39.5 Å². The number of para-hydroxylation sites is 1. The Labute approximate surface area is 151 Å². The molecule has 0 saturated carbocycles. The maximum absolute atomic E-state index is 13.0. The van der Waals surface area contributed by atoms with Gasteiger partial charge in [0.05, 0.1) is 22.3 Å². The average Bonchev–Trinajstić information content (AvgIpc) is 3.04. The number of ketones is 1. The molecule has 0 bridgehead atoms. The highest BCUT2D eigenvalue weighted by molar-refractivity contribution is 9.10. The van der Waals surface area contributed by atoms with Crippen molar-refractivity contribution in [3.05, 3.63) is 88.0 Å². The standard InChI is InChI=1S/C20H12BrNO3/c21-15-10-13-8-4-5-9-16(13)22-17(11-14(18(15)22)20(24)25)19(23)12-6-2-1-3-7-12/h1-11H,(H,24,25). The summed E-state index contributed by atoms with van der Waals surface area (Å²) in [6.45, 7) is 0. The zero-order valence-corrected chi connectivity index (χ0v) is 14.5. The molecule has 0 aliphatic rings. The summed E-state index contributed by atoms with van der Waals surface area (Å²) in [4.78, 5) is 24.8. The fourth-order valence-electron chi connectivity index (χ4n) is 3.08. The molecule has 5 heteroatoms. The van der Waals surface area contributed by atoms with Crippen LogP contribution in [-0.2, 0) is 0 Å². The van der Waals surface area contributed by atoms with Gasteiger partial charge >= 0.3 is 5.97 Å². The third kappa shape index (κ3) is 2.44. The summed E-state index contributed by atoms with van der Waals surface area (Å²) in [5, 5.41) is 10.5. The lowest BCUT2D eigenvalue weighted by molar-refractivity contribution is 0.0699. The molecule has 0 amide bonds.